The number of para-hydroxylation sites is 1. The molecule has 2 saturated heterocycles. The highest BCUT2D eigenvalue weighted by atomic mass is 16.5. The Balaban J connectivity index is 0.911. The van der Waals surface area contributed by atoms with Gasteiger partial charge in [0.15, 0.2) is 0 Å². The zero-order valence-electron chi connectivity index (χ0n) is 35.0. The van der Waals surface area contributed by atoms with E-state index in [9.17, 15) is 19.2 Å². The molecule has 326 valence electrons. The van der Waals surface area contributed by atoms with Crippen LogP contribution in [0.15, 0.2) is 122 Å². The molecule has 1 atom stereocenters. The Hall–Kier alpha value is -8.14. The Morgan fingerprint density at radius 1 is 0.609 bits per heavy atom. The van der Waals surface area contributed by atoms with Gasteiger partial charge in [0.25, 0.3) is 11.8 Å². The lowest BCUT2D eigenvalue weighted by Gasteiger charge is -2.32. The molecule has 2 aliphatic heterocycles. The quantitative estimate of drug-likeness (QED) is 0.0910. The summed E-state index contributed by atoms with van der Waals surface area (Å²) < 4.78 is 15.3. The highest BCUT2D eigenvalue weighted by molar-refractivity contribution is 6.04. The van der Waals surface area contributed by atoms with Gasteiger partial charge in [0.2, 0.25) is 11.8 Å². The molecule has 6 aromatic rings. The van der Waals surface area contributed by atoms with E-state index in [1.807, 2.05) is 48.5 Å². The van der Waals surface area contributed by atoms with Gasteiger partial charge in [-0.25, -0.2) is 9.36 Å². The van der Waals surface area contributed by atoms with Crippen molar-refractivity contribution in [2.24, 2.45) is 11.5 Å². The minimum Gasteiger partial charge on any atom is -0.457 e. The van der Waals surface area contributed by atoms with Crippen molar-refractivity contribution in [1.82, 2.24) is 29.4 Å². The van der Waals surface area contributed by atoms with E-state index in [0.717, 1.165) is 5.56 Å². The van der Waals surface area contributed by atoms with Gasteiger partial charge in [-0.3, -0.25) is 19.2 Å². The number of ether oxygens (including phenoxy) is 2. The Morgan fingerprint density at radius 2 is 1.14 bits per heavy atom. The highest BCUT2D eigenvalue weighted by Gasteiger charge is 2.31. The second kappa shape index (κ2) is 18.5. The van der Waals surface area contributed by atoms with Crippen molar-refractivity contribution >= 4 is 41.3 Å². The summed E-state index contributed by atoms with van der Waals surface area (Å²) in [6, 6.07) is 30.6. The molecule has 8 rings (SSSR count). The lowest BCUT2D eigenvalue weighted by Crippen LogP contribution is -2.40. The average molecular weight is 861 g/mol. The lowest BCUT2D eigenvalue weighted by atomic mass is 10.0. The van der Waals surface area contributed by atoms with Gasteiger partial charge in [0.1, 0.15) is 57.1 Å². The average Bonchev–Trinajstić information content (AvgIpc) is 3.85. The number of benzene rings is 4. The number of rotatable bonds is 13. The smallest absolute Gasteiger partial charge is 0.254 e. The Kier molecular flexibility index (Phi) is 12.3. The van der Waals surface area contributed by atoms with Crippen molar-refractivity contribution in [3.05, 3.63) is 139 Å². The monoisotopic (exact) mass is 860 g/mol. The summed E-state index contributed by atoms with van der Waals surface area (Å²) in [5.74, 6) is 1.02. The van der Waals surface area contributed by atoms with Gasteiger partial charge in [-0.05, 0) is 116 Å². The molecule has 2 aliphatic rings. The number of nitrogens with two attached hydrogens (primary N) is 4. The maximum absolute atomic E-state index is 13.6. The molecule has 2 aromatic heterocycles. The molecular weight excluding hydrogens is 813 g/mol. The number of likely N-dealkylation sites (tertiary alicyclic amines) is 2. The van der Waals surface area contributed by atoms with Crippen molar-refractivity contribution in [3.8, 4) is 45.5 Å². The molecule has 2 fully saturated rings. The van der Waals surface area contributed by atoms with Gasteiger partial charge in [-0.1, -0.05) is 36.9 Å². The minimum atomic E-state index is -0.695. The van der Waals surface area contributed by atoms with E-state index in [-0.39, 0.29) is 46.7 Å². The van der Waals surface area contributed by atoms with E-state index in [0.29, 0.717) is 97.4 Å². The number of carbonyl (C=O) groups excluding carboxylic acids is 4. The molecule has 16 heteroatoms. The summed E-state index contributed by atoms with van der Waals surface area (Å²) >= 11 is 0. The van der Waals surface area contributed by atoms with Crippen LogP contribution in [0.1, 0.15) is 64.0 Å². The molecule has 0 radical (unpaired) electrons. The number of amides is 4. The molecule has 4 heterocycles. The zero-order valence-corrected chi connectivity index (χ0v) is 35.0. The fourth-order valence-electron chi connectivity index (χ4n) is 8.23. The molecular formula is C48H48N10O6. The van der Waals surface area contributed by atoms with E-state index in [1.165, 1.54) is 12.2 Å². The second-order valence-corrected chi connectivity index (χ2v) is 15.6. The number of piperidine rings is 2. The maximum Gasteiger partial charge on any atom is 0.254 e. The van der Waals surface area contributed by atoms with Crippen LogP contribution in [0, 0.1) is 0 Å². The molecule has 0 saturated carbocycles. The normalized spacial score (nSPS) is 15.5. The van der Waals surface area contributed by atoms with E-state index >= 15 is 0 Å². The summed E-state index contributed by atoms with van der Waals surface area (Å²) in [4.78, 5) is 54.3. The molecule has 4 aromatic carbocycles. The van der Waals surface area contributed by atoms with Crippen LogP contribution < -0.4 is 32.4 Å². The number of carbonyl (C=O) groups is 4. The van der Waals surface area contributed by atoms with Gasteiger partial charge in [-0.2, -0.15) is 10.2 Å². The molecule has 8 N–H and O–H groups in total. The van der Waals surface area contributed by atoms with E-state index in [1.54, 1.807) is 79.8 Å². The lowest BCUT2D eigenvalue weighted by molar-refractivity contribution is -0.128. The summed E-state index contributed by atoms with van der Waals surface area (Å²) in [6.07, 6.45) is 7.18. The van der Waals surface area contributed by atoms with Crippen LogP contribution in [0.5, 0.6) is 23.0 Å². The van der Waals surface area contributed by atoms with Crippen LogP contribution in [0.25, 0.3) is 28.6 Å². The minimum absolute atomic E-state index is 0.109. The standard InChI is InChI=1S/C48H48N10O6/c1-2-39(59)55-26-23-33(24-27-55)57-45(49)41(47(51)61)43(53-57)31-16-20-37(21-17-31)64-38-12-6-8-30(28-38)13-22-40(60)56-25-7-9-34(29-56)58-46(50)42(48(52)62)44(54-58)32-14-18-36(19-15-32)63-35-10-4-3-5-11-35/h2-6,8,10-22,28,33-34H,1,7,9,23-27,29,49-50H2,(H2,51,61)(H2,52,62)/b22-13+/t34-/m0/s1. The van der Waals surface area contributed by atoms with E-state index in [4.69, 9.17) is 42.6 Å². The van der Waals surface area contributed by atoms with Crippen LogP contribution >= 0.6 is 0 Å². The van der Waals surface area contributed by atoms with E-state index in [2.05, 4.69) is 6.58 Å². The van der Waals surface area contributed by atoms with Gasteiger partial charge < -0.3 is 42.2 Å². The van der Waals surface area contributed by atoms with Crippen LogP contribution in [-0.4, -0.2) is 79.2 Å². The first-order valence-corrected chi connectivity index (χ1v) is 20.9. The molecule has 64 heavy (non-hydrogen) atoms. The van der Waals surface area contributed by atoms with Crippen LogP contribution in [0.2, 0.25) is 0 Å². The first-order valence-electron chi connectivity index (χ1n) is 20.9. The third-order valence-corrected chi connectivity index (χ3v) is 11.5. The number of nitrogens with zero attached hydrogens (tertiary/aromatic N) is 6. The summed E-state index contributed by atoms with van der Waals surface area (Å²) in [7, 11) is 0. The number of nitrogen functional groups attached to an aromatic ring is 2. The fourth-order valence-corrected chi connectivity index (χ4v) is 8.23. The number of hydrogen-bond acceptors (Lipinski definition) is 10. The summed E-state index contributed by atoms with van der Waals surface area (Å²) in [5.41, 5.74) is 27.6. The molecule has 16 nitrogen and oxygen atoms in total. The maximum atomic E-state index is 13.6. The number of anilines is 2. The van der Waals surface area contributed by atoms with Crippen LogP contribution in [0.4, 0.5) is 11.6 Å². The summed E-state index contributed by atoms with van der Waals surface area (Å²) in [5, 5.41) is 9.50. The molecule has 0 unspecified atom stereocenters. The zero-order chi connectivity index (χ0) is 44.9. The van der Waals surface area contributed by atoms with Crippen molar-refractivity contribution in [2.45, 2.75) is 37.8 Å². The fraction of sp³-hybridized carbons (Fsp3) is 0.208. The van der Waals surface area contributed by atoms with Crippen LogP contribution in [0.3, 0.4) is 0 Å². The van der Waals surface area contributed by atoms with Crippen molar-refractivity contribution < 1.29 is 28.7 Å². The summed E-state index contributed by atoms with van der Waals surface area (Å²) in [6.45, 7) is 5.48. The predicted molar refractivity (Wildman–Crippen MR) is 243 cm³/mol. The predicted octanol–water partition coefficient (Wildman–Crippen LogP) is 6.59. The molecule has 0 bridgehead atoms. The number of hydrogen-bond donors (Lipinski definition) is 4. The Bertz CT molecular complexity index is 2740. The van der Waals surface area contributed by atoms with Crippen molar-refractivity contribution in [2.75, 3.05) is 37.6 Å². The topological polar surface area (TPSA) is 233 Å². The van der Waals surface area contributed by atoms with E-state index < -0.39 is 11.8 Å². The van der Waals surface area contributed by atoms with Crippen molar-refractivity contribution in [3.63, 3.8) is 0 Å². The molecule has 4 amide bonds. The second-order valence-electron chi connectivity index (χ2n) is 15.6. The molecule has 0 spiro atoms. The molecule has 0 aliphatic carbocycles. The third kappa shape index (κ3) is 9.06. The van der Waals surface area contributed by atoms with Gasteiger partial charge >= 0.3 is 0 Å². The third-order valence-electron chi connectivity index (χ3n) is 11.5. The van der Waals surface area contributed by atoms with Gasteiger partial charge in [0, 0.05) is 43.4 Å². The number of primary amides is 2. The largest absolute Gasteiger partial charge is 0.457 e. The highest BCUT2D eigenvalue weighted by Crippen LogP contribution is 2.36. The Labute approximate surface area is 369 Å². The SMILES string of the molecule is C=CC(=O)N1CCC(n2nc(-c3ccc(Oc4cccc(/C=C/C(=O)N5CCC[C@H](n6nc(-c7ccc(Oc8ccccc8)cc7)c(C(N)=O)c6N)C5)c4)cc3)c(C(N)=O)c2N)CC1. The van der Waals surface area contributed by atoms with Gasteiger partial charge in [0.05, 0.1) is 12.1 Å². The van der Waals surface area contributed by atoms with Crippen molar-refractivity contribution in [1.29, 1.82) is 0 Å². The number of aromatic nitrogens is 4. The first-order chi connectivity index (χ1) is 31.0. The first kappa shape index (κ1) is 42.5. The van der Waals surface area contributed by atoms with Crippen LogP contribution in [-0.2, 0) is 9.59 Å². The Morgan fingerprint density at radius 3 is 1.70 bits per heavy atom. The van der Waals surface area contributed by atoms with Gasteiger partial charge in [-0.15, -0.1) is 0 Å².